The van der Waals surface area contributed by atoms with Crippen molar-refractivity contribution >= 4 is 5.97 Å². The first kappa shape index (κ1) is 13.8. The smallest absolute Gasteiger partial charge is 0.338 e. The summed E-state index contributed by atoms with van der Waals surface area (Å²) in [6.45, 7) is 1.27. The highest BCUT2D eigenvalue weighted by molar-refractivity contribution is 5.87. The van der Waals surface area contributed by atoms with Gasteiger partial charge in [0, 0.05) is 12.6 Å². The Hall–Kier alpha value is -2.14. The van der Waals surface area contributed by atoms with Crippen LogP contribution in [-0.2, 0) is 13.1 Å². The molecule has 1 N–H and O–H groups in total. The van der Waals surface area contributed by atoms with Gasteiger partial charge in [-0.05, 0) is 42.7 Å². The SMILES string of the molecule is O=C(O)c1ccc(CN(Cc2ccco2)C2CC2)cc1F. The third-order valence-electron chi connectivity index (χ3n) is 3.65. The molecule has 0 amide bonds. The number of furan rings is 1. The third-order valence-corrected chi connectivity index (χ3v) is 3.65. The highest BCUT2D eigenvalue weighted by Gasteiger charge is 2.29. The number of benzene rings is 1. The van der Waals surface area contributed by atoms with Gasteiger partial charge in [0.2, 0.25) is 0 Å². The number of hydrogen-bond donors (Lipinski definition) is 1. The Morgan fingerprint density at radius 3 is 2.71 bits per heavy atom. The van der Waals surface area contributed by atoms with Crippen LogP contribution in [0.5, 0.6) is 0 Å². The van der Waals surface area contributed by atoms with Crippen molar-refractivity contribution in [3.8, 4) is 0 Å². The zero-order valence-electron chi connectivity index (χ0n) is 11.5. The summed E-state index contributed by atoms with van der Waals surface area (Å²) < 4.78 is 19.1. The van der Waals surface area contributed by atoms with Crippen LogP contribution in [0, 0.1) is 5.82 Å². The van der Waals surface area contributed by atoms with Gasteiger partial charge in [-0.1, -0.05) is 6.07 Å². The largest absolute Gasteiger partial charge is 0.478 e. The lowest BCUT2D eigenvalue weighted by atomic mass is 10.1. The Balaban J connectivity index is 1.73. The van der Waals surface area contributed by atoms with Gasteiger partial charge in [0.05, 0.1) is 18.4 Å². The van der Waals surface area contributed by atoms with Gasteiger partial charge in [-0.3, -0.25) is 4.90 Å². The normalized spacial score (nSPS) is 14.6. The third kappa shape index (κ3) is 3.31. The summed E-state index contributed by atoms with van der Waals surface area (Å²) in [4.78, 5) is 13.1. The van der Waals surface area contributed by atoms with Crippen LogP contribution in [0.25, 0.3) is 0 Å². The second-order valence-corrected chi connectivity index (χ2v) is 5.33. The molecule has 1 aromatic heterocycles. The summed E-state index contributed by atoms with van der Waals surface area (Å²) in [7, 11) is 0. The average Bonchev–Trinajstić information content (AvgIpc) is 3.16. The Labute approximate surface area is 121 Å². The van der Waals surface area contributed by atoms with Crippen LogP contribution in [-0.4, -0.2) is 22.0 Å². The molecule has 1 fully saturated rings. The molecule has 0 unspecified atom stereocenters. The number of hydrogen-bond acceptors (Lipinski definition) is 3. The molecular weight excluding hydrogens is 273 g/mol. The van der Waals surface area contributed by atoms with Gasteiger partial charge in [0.25, 0.3) is 0 Å². The van der Waals surface area contributed by atoms with Crippen molar-refractivity contribution in [2.45, 2.75) is 32.0 Å². The molecule has 110 valence electrons. The first-order valence-corrected chi connectivity index (χ1v) is 6.91. The summed E-state index contributed by atoms with van der Waals surface area (Å²) in [5.74, 6) is -1.05. The predicted octanol–water partition coefficient (Wildman–Crippen LogP) is 3.28. The van der Waals surface area contributed by atoms with Crippen molar-refractivity contribution in [3.05, 3.63) is 59.3 Å². The fraction of sp³-hybridized carbons (Fsp3) is 0.312. The van der Waals surface area contributed by atoms with E-state index in [0.717, 1.165) is 24.2 Å². The molecule has 3 rings (SSSR count). The van der Waals surface area contributed by atoms with Crippen LogP contribution in [0.2, 0.25) is 0 Å². The molecule has 0 saturated heterocycles. The van der Waals surface area contributed by atoms with Crippen molar-refractivity contribution < 1.29 is 18.7 Å². The van der Waals surface area contributed by atoms with E-state index in [9.17, 15) is 9.18 Å². The lowest BCUT2D eigenvalue weighted by Crippen LogP contribution is -2.25. The Morgan fingerprint density at radius 2 is 2.14 bits per heavy atom. The predicted molar refractivity (Wildman–Crippen MR) is 74.3 cm³/mol. The molecule has 0 radical (unpaired) electrons. The van der Waals surface area contributed by atoms with Crippen molar-refractivity contribution in [1.29, 1.82) is 0 Å². The van der Waals surface area contributed by atoms with Crippen molar-refractivity contribution in [2.24, 2.45) is 0 Å². The second-order valence-electron chi connectivity index (χ2n) is 5.33. The lowest BCUT2D eigenvalue weighted by Gasteiger charge is -2.21. The van der Waals surface area contributed by atoms with E-state index in [1.807, 2.05) is 12.1 Å². The van der Waals surface area contributed by atoms with E-state index in [2.05, 4.69) is 4.90 Å². The van der Waals surface area contributed by atoms with E-state index in [1.54, 1.807) is 12.3 Å². The zero-order valence-corrected chi connectivity index (χ0v) is 11.5. The highest BCUT2D eigenvalue weighted by atomic mass is 19.1. The van der Waals surface area contributed by atoms with Gasteiger partial charge < -0.3 is 9.52 Å². The average molecular weight is 289 g/mol. The lowest BCUT2D eigenvalue weighted by molar-refractivity contribution is 0.0692. The van der Waals surface area contributed by atoms with Crippen LogP contribution in [0.3, 0.4) is 0 Å². The van der Waals surface area contributed by atoms with Crippen LogP contribution < -0.4 is 0 Å². The number of rotatable bonds is 6. The number of carbonyl (C=O) groups is 1. The molecule has 4 nitrogen and oxygen atoms in total. The van der Waals surface area contributed by atoms with E-state index in [4.69, 9.17) is 9.52 Å². The second kappa shape index (κ2) is 5.69. The van der Waals surface area contributed by atoms with Crippen LogP contribution >= 0.6 is 0 Å². The van der Waals surface area contributed by atoms with Crippen LogP contribution in [0.1, 0.15) is 34.5 Å². The standard InChI is InChI=1S/C16H16FNO3/c17-15-8-11(3-6-14(15)16(19)20)9-18(12-4-5-12)10-13-2-1-7-21-13/h1-3,6-8,12H,4-5,9-10H2,(H,19,20). The first-order valence-electron chi connectivity index (χ1n) is 6.91. The minimum Gasteiger partial charge on any atom is -0.478 e. The molecule has 1 saturated carbocycles. The molecule has 1 heterocycles. The maximum Gasteiger partial charge on any atom is 0.338 e. The summed E-state index contributed by atoms with van der Waals surface area (Å²) >= 11 is 0. The maximum atomic E-state index is 13.7. The Kier molecular flexibility index (Phi) is 3.75. The van der Waals surface area contributed by atoms with E-state index in [-0.39, 0.29) is 5.56 Å². The fourth-order valence-electron chi connectivity index (χ4n) is 2.42. The molecule has 5 heteroatoms. The zero-order chi connectivity index (χ0) is 14.8. The van der Waals surface area contributed by atoms with Gasteiger partial charge in [0.1, 0.15) is 11.6 Å². The summed E-state index contributed by atoms with van der Waals surface area (Å²) in [6, 6.07) is 8.57. The number of carboxylic acids is 1. The van der Waals surface area contributed by atoms with Gasteiger partial charge in [-0.25, -0.2) is 9.18 Å². The number of halogens is 1. The van der Waals surface area contributed by atoms with Gasteiger partial charge in [-0.15, -0.1) is 0 Å². The number of carboxylic acid groups (broad SMARTS) is 1. The first-order chi connectivity index (χ1) is 10.1. The molecule has 2 aromatic rings. The van der Waals surface area contributed by atoms with E-state index >= 15 is 0 Å². The molecule has 1 aliphatic rings. The monoisotopic (exact) mass is 289 g/mol. The summed E-state index contributed by atoms with van der Waals surface area (Å²) in [5.41, 5.74) is 0.485. The van der Waals surface area contributed by atoms with Crippen LogP contribution in [0.15, 0.2) is 41.0 Å². The minimum absolute atomic E-state index is 0.289. The molecule has 1 aromatic carbocycles. The summed E-state index contributed by atoms with van der Waals surface area (Å²) in [6.07, 6.45) is 3.91. The highest BCUT2D eigenvalue weighted by Crippen LogP contribution is 2.30. The minimum atomic E-state index is -1.24. The topological polar surface area (TPSA) is 53.7 Å². The Morgan fingerprint density at radius 1 is 1.33 bits per heavy atom. The van der Waals surface area contributed by atoms with E-state index in [1.165, 1.54) is 12.1 Å². The fourth-order valence-corrected chi connectivity index (χ4v) is 2.42. The molecular formula is C16H16FNO3. The quantitative estimate of drug-likeness (QED) is 0.886. The van der Waals surface area contributed by atoms with Crippen LogP contribution in [0.4, 0.5) is 4.39 Å². The molecule has 0 aliphatic heterocycles. The van der Waals surface area contributed by atoms with Crippen molar-refractivity contribution in [3.63, 3.8) is 0 Å². The molecule has 0 spiro atoms. The van der Waals surface area contributed by atoms with E-state index in [0.29, 0.717) is 19.1 Å². The molecule has 0 bridgehead atoms. The van der Waals surface area contributed by atoms with Crippen molar-refractivity contribution in [2.75, 3.05) is 0 Å². The molecule has 0 atom stereocenters. The maximum absolute atomic E-state index is 13.7. The van der Waals surface area contributed by atoms with Gasteiger partial charge in [-0.2, -0.15) is 0 Å². The van der Waals surface area contributed by atoms with Gasteiger partial charge in [0.15, 0.2) is 0 Å². The number of aromatic carboxylic acids is 1. The molecule has 1 aliphatic carbocycles. The van der Waals surface area contributed by atoms with Crippen molar-refractivity contribution in [1.82, 2.24) is 4.90 Å². The van der Waals surface area contributed by atoms with Gasteiger partial charge >= 0.3 is 5.97 Å². The Bertz CT molecular complexity index is 635. The number of nitrogens with zero attached hydrogens (tertiary/aromatic N) is 1. The summed E-state index contributed by atoms with van der Waals surface area (Å²) in [5, 5.41) is 8.85. The molecule has 21 heavy (non-hydrogen) atoms. The van der Waals surface area contributed by atoms with E-state index < -0.39 is 11.8 Å².